The van der Waals surface area contributed by atoms with Gasteiger partial charge in [-0.15, -0.1) is 0 Å². The molecular formula is C13H21CaNO5. The molecule has 110 valence electrons. The first-order valence-electron chi connectivity index (χ1n) is 6.56. The Morgan fingerprint density at radius 3 is 2.50 bits per heavy atom. The number of aliphatic hydroxyl groups excluding tert-OH is 1. The van der Waals surface area contributed by atoms with Crippen LogP contribution in [0.3, 0.4) is 0 Å². The molecule has 1 saturated carbocycles. The second-order valence-corrected chi connectivity index (χ2v) is 5.91. The molecular weight excluding hydrogens is 290 g/mol. The first kappa shape index (κ1) is 20.1. The molecule has 0 aromatic carbocycles. The predicted octanol–water partition coefficient (Wildman–Crippen LogP) is -2.22. The normalized spacial score (nSPS) is 24.4. The number of carbonyl (C=O) groups excluding carboxylic acids is 2. The third-order valence-electron chi connectivity index (χ3n) is 3.71. The Balaban J connectivity index is 0.00000361. The number of hydrogen-bond donors (Lipinski definition) is 2. The van der Waals surface area contributed by atoms with E-state index in [-0.39, 0.29) is 50.4 Å². The zero-order valence-corrected chi connectivity index (χ0v) is 14.3. The summed E-state index contributed by atoms with van der Waals surface area (Å²) in [6, 6.07) is -0.296. The van der Waals surface area contributed by atoms with E-state index < -0.39 is 29.3 Å². The van der Waals surface area contributed by atoms with E-state index in [1.165, 1.54) is 13.8 Å². The summed E-state index contributed by atoms with van der Waals surface area (Å²) in [5, 5.41) is 34.3. The van der Waals surface area contributed by atoms with Gasteiger partial charge in [0.25, 0.3) is 0 Å². The summed E-state index contributed by atoms with van der Waals surface area (Å²) in [6.45, 7) is 2.67. The van der Waals surface area contributed by atoms with Gasteiger partial charge in [-0.2, -0.15) is 0 Å². The van der Waals surface area contributed by atoms with Gasteiger partial charge in [0.1, 0.15) is 0 Å². The summed E-state index contributed by atoms with van der Waals surface area (Å²) in [5.74, 6) is -2.34. The standard InChI is InChI=1S/C13H22NO5.Ca/c1-13(2,7-15)10(16)11(17)14-9-5-3-4-8(6-9)12(18)19;/h8-10,15H,3-7H2,1-2H3,(H,14,17)(H,18,19);/q-1;+2/p-1. The van der Waals surface area contributed by atoms with E-state index in [1.807, 2.05) is 0 Å². The molecule has 3 unspecified atom stereocenters. The second kappa shape index (κ2) is 8.54. The molecule has 2 N–H and O–H groups in total. The Hall–Kier alpha value is 0.120. The van der Waals surface area contributed by atoms with Gasteiger partial charge in [0, 0.05) is 24.5 Å². The van der Waals surface area contributed by atoms with Crippen molar-refractivity contribution in [3.63, 3.8) is 0 Å². The maximum atomic E-state index is 11.9. The van der Waals surface area contributed by atoms with Gasteiger partial charge >= 0.3 is 37.7 Å². The van der Waals surface area contributed by atoms with E-state index in [9.17, 15) is 19.8 Å². The number of rotatable bonds is 5. The smallest absolute Gasteiger partial charge is 0.845 e. The molecule has 0 bridgehead atoms. The van der Waals surface area contributed by atoms with E-state index in [1.54, 1.807) is 0 Å². The van der Waals surface area contributed by atoms with Crippen LogP contribution < -0.4 is 15.5 Å². The summed E-state index contributed by atoms with van der Waals surface area (Å²) < 4.78 is 0. The molecule has 1 fully saturated rings. The average Bonchev–Trinajstić information content (AvgIpc) is 2.38. The minimum absolute atomic E-state index is 0. The van der Waals surface area contributed by atoms with Crippen molar-refractivity contribution in [2.75, 3.05) is 6.61 Å². The van der Waals surface area contributed by atoms with Gasteiger partial charge in [-0.05, 0) is 30.8 Å². The fraction of sp³-hybridized carbons (Fsp3) is 0.846. The molecule has 0 radical (unpaired) electrons. The van der Waals surface area contributed by atoms with Crippen molar-refractivity contribution in [2.24, 2.45) is 11.3 Å². The fourth-order valence-electron chi connectivity index (χ4n) is 2.25. The molecule has 20 heavy (non-hydrogen) atoms. The molecule has 0 spiro atoms. The largest absolute Gasteiger partial charge is 2.00 e. The Morgan fingerprint density at radius 1 is 1.40 bits per heavy atom. The van der Waals surface area contributed by atoms with Crippen LogP contribution in [0.5, 0.6) is 0 Å². The SMILES string of the molecule is CC(C)(CO)C([O-])C(=O)NC1CCCC(C(=O)[O-])C1.[Ca+2]. The van der Waals surface area contributed by atoms with Crippen LogP contribution in [0.15, 0.2) is 0 Å². The van der Waals surface area contributed by atoms with Crippen LogP contribution >= 0.6 is 0 Å². The summed E-state index contributed by atoms with van der Waals surface area (Å²) in [6.07, 6.45) is 0.650. The minimum Gasteiger partial charge on any atom is -0.845 e. The molecule has 1 rings (SSSR count). The Kier molecular flexibility index (Phi) is 8.59. The van der Waals surface area contributed by atoms with Crippen LogP contribution in [0.1, 0.15) is 39.5 Å². The van der Waals surface area contributed by atoms with Gasteiger partial charge in [-0.1, -0.05) is 20.3 Å². The van der Waals surface area contributed by atoms with Gasteiger partial charge in [0.15, 0.2) is 0 Å². The molecule has 0 aromatic rings. The number of hydrogen-bond acceptors (Lipinski definition) is 5. The van der Waals surface area contributed by atoms with Gasteiger partial charge in [0.05, 0.1) is 0 Å². The Morgan fingerprint density at radius 2 is 2.00 bits per heavy atom. The molecule has 0 saturated heterocycles. The third-order valence-corrected chi connectivity index (χ3v) is 3.71. The number of amides is 1. The van der Waals surface area contributed by atoms with Gasteiger partial charge in [0.2, 0.25) is 5.91 Å². The second-order valence-electron chi connectivity index (χ2n) is 5.91. The van der Waals surface area contributed by atoms with Crippen molar-refractivity contribution in [2.45, 2.75) is 51.7 Å². The number of aliphatic hydroxyl groups is 1. The summed E-state index contributed by atoms with van der Waals surface area (Å²) in [4.78, 5) is 22.6. The predicted molar refractivity (Wildman–Crippen MR) is 69.3 cm³/mol. The van der Waals surface area contributed by atoms with E-state index in [0.717, 1.165) is 0 Å². The quantitative estimate of drug-likeness (QED) is 0.558. The number of nitrogens with one attached hydrogen (secondary N) is 1. The molecule has 6 nitrogen and oxygen atoms in total. The first-order valence-corrected chi connectivity index (χ1v) is 6.56. The van der Waals surface area contributed by atoms with Crippen LogP contribution in [0, 0.1) is 11.3 Å². The van der Waals surface area contributed by atoms with Crippen LogP contribution in [0.4, 0.5) is 0 Å². The molecule has 0 aromatic heterocycles. The van der Waals surface area contributed by atoms with Crippen molar-refractivity contribution >= 4 is 49.6 Å². The third kappa shape index (κ3) is 5.48. The summed E-state index contributed by atoms with van der Waals surface area (Å²) in [5.41, 5.74) is -1.04. The number of carboxylic acid groups (broad SMARTS) is 1. The van der Waals surface area contributed by atoms with E-state index in [0.29, 0.717) is 25.7 Å². The van der Waals surface area contributed by atoms with E-state index in [2.05, 4.69) is 5.32 Å². The minimum atomic E-state index is -1.57. The molecule has 1 aliphatic carbocycles. The van der Waals surface area contributed by atoms with Crippen LogP contribution in [0.25, 0.3) is 0 Å². The Bertz CT molecular complexity index is 348. The molecule has 3 atom stereocenters. The van der Waals surface area contributed by atoms with Crippen molar-refractivity contribution < 1.29 is 24.9 Å². The topological polar surface area (TPSA) is 113 Å². The van der Waals surface area contributed by atoms with Crippen LogP contribution in [-0.4, -0.2) is 73.5 Å². The molecule has 7 heteroatoms. The Labute approximate surface area is 148 Å². The zero-order valence-electron chi connectivity index (χ0n) is 12.1. The number of carbonyl (C=O) groups is 2. The van der Waals surface area contributed by atoms with E-state index >= 15 is 0 Å². The van der Waals surface area contributed by atoms with Crippen molar-refractivity contribution in [3.8, 4) is 0 Å². The van der Waals surface area contributed by atoms with E-state index in [4.69, 9.17) is 5.11 Å². The van der Waals surface area contributed by atoms with Gasteiger partial charge < -0.3 is 25.4 Å². The number of aliphatic carboxylic acids is 1. The van der Waals surface area contributed by atoms with Crippen LogP contribution in [0.2, 0.25) is 0 Å². The van der Waals surface area contributed by atoms with Crippen molar-refractivity contribution in [1.29, 1.82) is 0 Å². The summed E-state index contributed by atoms with van der Waals surface area (Å²) in [7, 11) is 0. The first-order chi connectivity index (χ1) is 8.77. The van der Waals surface area contributed by atoms with Crippen molar-refractivity contribution in [3.05, 3.63) is 0 Å². The molecule has 1 aliphatic rings. The maximum absolute atomic E-state index is 11.9. The van der Waals surface area contributed by atoms with Gasteiger partial charge in [-0.25, -0.2) is 0 Å². The maximum Gasteiger partial charge on any atom is 2.00 e. The molecule has 1 amide bonds. The van der Waals surface area contributed by atoms with Crippen LogP contribution in [-0.2, 0) is 9.59 Å². The van der Waals surface area contributed by atoms with Gasteiger partial charge in [-0.3, -0.25) is 4.79 Å². The zero-order chi connectivity index (χ0) is 14.6. The average molecular weight is 311 g/mol. The number of carboxylic acids is 1. The monoisotopic (exact) mass is 311 g/mol. The van der Waals surface area contributed by atoms with Crippen molar-refractivity contribution in [1.82, 2.24) is 5.32 Å². The molecule has 0 heterocycles. The summed E-state index contributed by atoms with van der Waals surface area (Å²) >= 11 is 0. The fourth-order valence-corrected chi connectivity index (χ4v) is 2.25. The molecule has 0 aliphatic heterocycles.